The minimum Gasteiger partial charge on any atom is -0.505 e. The molecule has 2 aromatic carbocycles. The minimum atomic E-state index is -0.522. The Labute approximate surface area is 157 Å². The average Bonchev–Trinajstić information content (AvgIpc) is 2.46. The van der Waals surface area contributed by atoms with Crippen LogP contribution in [0.1, 0.15) is 10.4 Å². The largest absolute Gasteiger partial charge is 0.505 e. The first-order valence-corrected chi connectivity index (χ1v) is 7.95. The SMILES string of the molecule is O=C(NC(=S)Nc1cc(Cl)c(O)c(Cl)c1)c1cc(Cl)ccc1Cl. The predicted octanol–water partition coefficient (Wildman–Crippen LogP) is 5.13. The van der Waals surface area contributed by atoms with Gasteiger partial charge in [-0.2, -0.15) is 0 Å². The summed E-state index contributed by atoms with van der Waals surface area (Å²) in [6, 6.07) is 7.32. The van der Waals surface area contributed by atoms with Gasteiger partial charge in [0.1, 0.15) is 0 Å². The van der Waals surface area contributed by atoms with Gasteiger partial charge in [0.05, 0.1) is 20.6 Å². The number of anilines is 1. The fourth-order valence-corrected chi connectivity index (χ4v) is 2.72. The molecule has 0 saturated heterocycles. The Morgan fingerprint density at radius 2 is 1.61 bits per heavy atom. The molecular weight excluding hydrogens is 402 g/mol. The molecule has 9 heteroatoms. The molecule has 0 unspecified atom stereocenters. The van der Waals surface area contributed by atoms with E-state index in [9.17, 15) is 9.90 Å². The van der Waals surface area contributed by atoms with Crippen molar-refractivity contribution in [3.63, 3.8) is 0 Å². The van der Waals surface area contributed by atoms with Crippen molar-refractivity contribution in [2.75, 3.05) is 5.32 Å². The van der Waals surface area contributed by atoms with Crippen LogP contribution in [0.25, 0.3) is 0 Å². The lowest BCUT2D eigenvalue weighted by atomic mass is 10.2. The summed E-state index contributed by atoms with van der Waals surface area (Å²) in [6.07, 6.45) is 0. The molecule has 0 aliphatic rings. The van der Waals surface area contributed by atoms with Crippen LogP contribution in [0.3, 0.4) is 0 Å². The number of phenolic OH excluding ortho intramolecular Hbond substituents is 1. The highest BCUT2D eigenvalue weighted by molar-refractivity contribution is 7.80. The molecule has 0 aromatic heterocycles. The Morgan fingerprint density at radius 1 is 1.00 bits per heavy atom. The van der Waals surface area contributed by atoms with Gasteiger partial charge < -0.3 is 10.4 Å². The second-order valence-electron chi connectivity index (χ2n) is 4.32. The molecule has 0 aliphatic carbocycles. The van der Waals surface area contributed by atoms with Crippen LogP contribution in [0.5, 0.6) is 5.75 Å². The summed E-state index contributed by atoms with van der Waals surface area (Å²) in [5.74, 6) is -0.759. The maximum absolute atomic E-state index is 12.1. The van der Waals surface area contributed by atoms with Crippen LogP contribution in [0.2, 0.25) is 20.1 Å². The Kier molecular flexibility index (Phi) is 5.95. The lowest BCUT2D eigenvalue weighted by Gasteiger charge is -2.12. The Morgan fingerprint density at radius 3 is 2.22 bits per heavy atom. The molecule has 0 radical (unpaired) electrons. The maximum Gasteiger partial charge on any atom is 0.258 e. The highest BCUT2D eigenvalue weighted by atomic mass is 35.5. The topological polar surface area (TPSA) is 61.4 Å². The minimum absolute atomic E-state index is 0.00358. The number of rotatable bonds is 2. The van der Waals surface area contributed by atoms with E-state index in [2.05, 4.69) is 10.6 Å². The monoisotopic (exact) mass is 408 g/mol. The predicted molar refractivity (Wildman–Crippen MR) is 98.3 cm³/mol. The van der Waals surface area contributed by atoms with Gasteiger partial charge in [-0.1, -0.05) is 46.4 Å². The summed E-state index contributed by atoms with van der Waals surface area (Å²) in [7, 11) is 0. The molecule has 0 fully saturated rings. The number of hydrogen-bond acceptors (Lipinski definition) is 3. The quantitative estimate of drug-likeness (QED) is 0.475. The second kappa shape index (κ2) is 7.55. The number of phenols is 1. The smallest absolute Gasteiger partial charge is 0.258 e. The highest BCUT2D eigenvalue weighted by Crippen LogP contribution is 2.34. The van der Waals surface area contributed by atoms with E-state index in [0.29, 0.717) is 10.7 Å². The van der Waals surface area contributed by atoms with E-state index < -0.39 is 5.91 Å². The lowest BCUT2D eigenvalue weighted by molar-refractivity contribution is 0.0978. The average molecular weight is 410 g/mol. The van der Waals surface area contributed by atoms with E-state index >= 15 is 0 Å². The summed E-state index contributed by atoms with van der Waals surface area (Å²) in [5, 5.41) is 15.4. The number of amides is 1. The van der Waals surface area contributed by atoms with Crippen LogP contribution in [-0.2, 0) is 0 Å². The Hall–Kier alpha value is -1.24. The molecule has 0 spiro atoms. The molecule has 3 N–H and O–H groups in total. The number of aromatic hydroxyl groups is 1. The first kappa shape index (κ1) is 18.1. The van der Waals surface area contributed by atoms with Gasteiger partial charge in [0.15, 0.2) is 10.9 Å². The maximum atomic E-state index is 12.1. The third kappa shape index (κ3) is 4.62. The molecule has 120 valence electrons. The number of benzene rings is 2. The van der Waals surface area contributed by atoms with Gasteiger partial charge in [0.2, 0.25) is 0 Å². The molecule has 0 heterocycles. The van der Waals surface area contributed by atoms with Crippen molar-refractivity contribution in [3.8, 4) is 5.75 Å². The molecule has 2 aromatic rings. The van der Waals surface area contributed by atoms with Crippen LogP contribution in [0, 0.1) is 0 Å². The molecule has 4 nitrogen and oxygen atoms in total. The molecular formula is C14H8Cl4N2O2S. The van der Waals surface area contributed by atoms with E-state index in [1.807, 2.05) is 0 Å². The third-order valence-corrected chi connectivity index (χ3v) is 4.02. The van der Waals surface area contributed by atoms with Gasteiger partial charge in [-0.05, 0) is 42.5 Å². The van der Waals surface area contributed by atoms with Crippen molar-refractivity contribution < 1.29 is 9.90 Å². The first-order valence-electron chi connectivity index (χ1n) is 6.03. The van der Waals surface area contributed by atoms with Crippen molar-refractivity contribution in [1.29, 1.82) is 0 Å². The highest BCUT2D eigenvalue weighted by Gasteiger charge is 2.13. The van der Waals surface area contributed by atoms with E-state index in [0.717, 1.165) is 0 Å². The second-order valence-corrected chi connectivity index (χ2v) is 6.39. The van der Waals surface area contributed by atoms with Gasteiger partial charge in [0.25, 0.3) is 5.91 Å². The fourth-order valence-electron chi connectivity index (χ4n) is 1.64. The summed E-state index contributed by atoms with van der Waals surface area (Å²) in [5.41, 5.74) is 0.588. The van der Waals surface area contributed by atoms with E-state index in [1.54, 1.807) is 6.07 Å². The van der Waals surface area contributed by atoms with Crippen LogP contribution in [0.4, 0.5) is 5.69 Å². The molecule has 1 amide bonds. The van der Waals surface area contributed by atoms with Crippen molar-refractivity contribution in [2.45, 2.75) is 0 Å². The number of nitrogens with one attached hydrogen (secondary N) is 2. The number of thiocarbonyl (C=S) groups is 1. The van der Waals surface area contributed by atoms with Gasteiger partial charge in [-0.3, -0.25) is 10.1 Å². The summed E-state index contributed by atoms with van der Waals surface area (Å²) < 4.78 is 0. The lowest BCUT2D eigenvalue weighted by Crippen LogP contribution is -2.34. The van der Waals surface area contributed by atoms with Gasteiger partial charge >= 0.3 is 0 Å². The molecule has 0 aliphatic heterocycles. The number of carbonyl (C=O) groups excluding carboxylic acids is 1. The standard InChI is InChI=1S/C14H8Cl4N2O2S/c15-6-1-2-9(16)8(3-6)13(22)20-14(23)19-7-4-10(17)12(21)11(18)5-7/h1-5,21H,(H2,19,20,22,23). The normalized spacial score (nSPS) is 10.3. The fraction of sp³-hybridized carbons (Fsp3) is 0. The van der Waals surface area contributed by atoms with Crippen molar-refractivity contribution >= 4 is 75.3 Å². The zero-order valence-corrected chi connectivity index (χ0v) is 15.0. The Balaban J connectivity index is 2.10. The van der Waals surface area contributed by atoms with Crippen molar-refractivity contribution in [2.24, 2.45) is 0 Å². The van der Waals surface area contributed by atoms with Gasteiger partial charge in [-0.25, -0.2) is 0 Å². The first-order chi connectivity index (χ1) is 10.8. The third-order valence-electron chi connectivity index (χ3n) is 2.67. The van der Waals surface area contributed by atoms with E-state index in [1.165, 1.54) is 24.3 Å². The molecule has 23 heavy (non-hydrogen) atoms. The van der Waals surface area contributed by atoms with Crippen molar-refractivity contribution in [1.82, 2.24) is 5.32 Å². The van der Waals surface area contributed by atoms with Crippen LogP contribution in [0.15, 0.2) is 30.3 Å². The zero-order valence-electron chi connectivity index (χ0n) is 11.2. The molecule has 0 atom stereocenters. The molecule has 0 saturated carbocycles. The van der Waals surface area contributed by atoms with Crippen LogP contribution in [-0.4, -0.2) is 16.1 Å². The van der Waals surface area contributed by atoms with E-state index in [4.69, 9.17) is 58.6 Å². The molecule has 2 rings (SSSR count). The van der Waals surface area contributed by atoms with Crippen LogP contribution >= 0.6 is 58.6 Å². The number of carbonyl (C=O) groups is 1. The number of halogens is 4. The summed E-state index contributed by atoms with van der Waals surface area (Å²) in [6.45, 7) is 0. The zero-order chi connectivity index (χ0) is 17.1. The van der Waals surface area contributed by atoms with Crippen LogP contribution < -0.4 is 10.6 Å². The van der Waals surface area contributed by atoms with Gasteiger partial charge in [0, 0.05) is 10.7 Å². The Bertz CT molecular complexity index is 775. The summed E-state index contributed by atoms with van der Waals surface area (Å²) in [4.78, 5) is 12.1. The van der Waals surface area contributed by atoms with Crippen molar-refractivity contribution in [3.05, 3.63) is 56.0 Å². The molecule has 0 bridgehead atoms. The van der Waals surface area contributed by atoms with E-state index in [-0.39, 0.29) is 31.5 Å². The number of hydrogen-bond donors (Lipinski definition) is 3. The van der Waals surface area contributed by atoms with Gasteiger partial charge in [-0.15, -0.1) is 0 Å². The summed E-state index contributed by atoms with van der Waals surface area (Å²) >= 11 is 28.4.